The van der Waals surface area contributed by atoms with Gasteiger partial charge in [-0.1, -0.05) is 71.4 Å². The minimum absolute atomic E-state index is 0.496. The predicted molar refractivity (Wildman–Crippen MR) is 70.2 cm³/mol. The molecule has 0 heterocycles. The van der Waals surface area contributed by atoms with Crippen LogP contribution in [0.1, 0.15) is 53.0 Å². The average Bonchev–Trinajstić information content (AvgIpc) is 2.31. The molecule has 0 saturated heterocycles. The van der Waals surface area contributed by atoms with E-state index in [1.54, 1.807) is 0 Å². The van der Waals surface area contributed by atoms with Crippen molar-refractivity contribution in [2.45, 2.75) is 53.9 Å². The Morgan fingerprint density at radius 3 is 2.00 bits per heavy atom. The second-order valence-corrected chi connectivity index (χ2v) is 4.50. The zero-order chi connectivity index (χ0) is 11.7. The number of hydrogen-bond acceptors (Lipinski definition) is 0. The fraction of sp³-hybridized carbons (Fsp3) is 0.600. The first kappa shape index (κ1) is 14.2. The van der Waals surface area contributed by atoms with Crippen LogP contribution in [0.5, 0.6) is 0 Å². The average molecular weight is 206 g/mol. The van der Waals surface area contributed by atoms with Gasteiger partial charge in [0, 0.05) is 0 Å². The predicted octanol–water partition coefficient (Wildman–Crippen LogP) is 5.08. The molecule has 0 aromatic heterocycles. The van der Waals surface area contributed by atoms with E-state index < -0.39 is 0 Å². The van der Waals surface area contributed by atoms with Gasteiger partial charge in [0.2, 0.25) is 0 Å². The number of aryl methyl sites for hydroxylation is 1. The summed E-state index contributed by atoms with van der Waals surface area (Å²) in [5, 5.41) is 0. The molecular formula is C15H26. The van der Waals surface area contributed by atoms with Gasteiger partial charge in [0.05, 0.1) is 0 Å². The molecule has 1 rings (SSSR count). The van der Waals surface area contributed by atoms with E-state index in [2.05, 4.69) is 51.1 Å². The molecule has 0 unspecified atom stereocenters. The first-order valence-electron chi connectivity index (χ1n) is 6.18. The van der Waals surface area contributed by atoms with Crippen molar-refractivity contribution in [2.75, 3.05) is 0 Å². The highest BCUT2D eigenvalue weighted by molar-refractivity contribution is 5.14. The number of hydrogen-bond donors (Lipinski definition) is 0. The summed E-state index contributed by atoms with van der Waals surface area (Å²) in [5.41, 5.74) is 1.96. The molecule has 1 aromatic carbocycles. The maximum absolute atomic E-state index is 2.34. The molecule has 0 fully saturated rings. The lowest BCUT2D eigenvalue weighted by atomic mass is 9.84. The zero-order valence-electron chi connectivity index (χ0n) is 11.0. The van der Waals surface area contributed by atoms with Crippen molar-refractivity contribution >= 4 is 0 Å². The van der Waals surface area contributed by atoms with Gasteiger partial charge in [-0.25, -0.2) is 0 Å². The van der Waals surface area contributed by atoms with Gasteiger partial charge in [-0.15, -0.1) is 0 Å². The quantitative estimate of drug-likeness (QED) is 0.644. The molecule has 0 aliphatic carbocycles. The highest BCUT2D eigenvalue weighted by Crippen LogP contribution is 2.26. The lowest BCUT2D eigenvalue weighted by molar-refractivity contribution is 0.322. The van der Waals surface area contributed by atoms with Crippen LogP contribution in [0.2, 0.25) is 0 Å². The highest BCUT2D eigenvalue weighted by Gasteiger charge is 2.14. The van der Waals surface area contributed by atoms with Gasteiger partial charge in [0.15, 0.2) is 0 Å². The van der Waals surface area contributed by atoms with Crippen LogP contribution in [-0.2, 0) is 6.42 Å². The smallest absolute Gasteiger partial charge is 0.0274 e. The Kier molecular flexibility index (Phi) is 7.11. The summed E-state index contributed by atoms with van der Waals surface area (Å²) in [6.07, 6.45) is 3.76. The van der Waals surface area contributed by atoms with Gasteiger partial charge in [-0.05, 0) is 23.8 Å². The van der Waals surface area contributed by atoms with Gasteiger partial charge in [-0.2, -0.15) is 0 Å². The van der Waals surface area contributed by atoms with E-state index in [4.69, 9.17) is 0 Å². The maximum atomic E-state index is 2.34. The Morgan fingerprint density at radius 1 is 1.00 bits per heavy atom. The fourth-order valence-corrected chi connectivity index (χ4v) is 1.30. The number of rotatable bonds is 4. The summed E-state index contributed by atoms with van der Waals surface area (Å²) in [6.45, 7) is 11.0. The monoisotopic (exact) mass is 206 g/mol. The minimum Gasteiger partial charge on any atom is -0.0683 e. The lowest BCUT2D eigenvalue weighted by Gasteiger charge is -2.22. The third-order valence-corrected chi connectivity index (χ3v) is 2.89. The molecule has 86 valence electrons. The molecule has 1 aromatic rings. The Labute approximate surface area is 95.7 Å². The van der Waals surface area contributed by atoms with Crippen LogP contribution < -0.4 is 0 Å². The second-order valence-electron chi connectivity index (χ2n) is 4.50. The van der Waals surface area contributed by atoms with Crippen molar-refractivity contribution in [1.29, 1.82) is 0 Å². The summed E-state index contributed by atoms with van der Waals surface area (Å²) in [5.74, 6) is 0. The lowest BCUT2D eigenvalue weighted by Crippen LogP contribution is -2.10. The van der Waals surface area contributed by atoms with E-state index in [0.29, 0.717) is 5.41 Å². The van der Waals surface area contributed by atoms with E-state index in [1.807, 2.05) is 13.8 Å². The molecule has 15 heavy (non-hydrogen) atoms. The van der Waals surface area contributed by atoms with Crippen molar-refractivity contribution in [3.63, 3.8) is 0 Å². The van der Waals surface area contributed by atoms with Crippen molar-refractivity contribution in [3.05, 3.63) is 35.9 Å². The molecular weight excluding hydrogens is 180 g/mol. The molecule has 0 aliphatic heterocycles. The van der Waals surface area contributed by atoms with Gasteiger partial charge in [0.1, 0.15) is 0 Å². The van der Waals surface area contributed by atoms with Crippen molar-refractivity contribution in [3.8, 4) is 0 Å². The van der Waals surface area contributed by atoms with Crippen molar-refractivity contribution < 1.29 is 0 Å². The topological polar surface area (TPSA) is 0 Å². The molecule has 0 radical (unpaired) electrons. The summed E-state index contributed by atoms with van der Waals surface area (Å²) in [7, 11) is 0. The van der Waals surface area contributed by atoms with Crippen LogP contribution in [0.3, 0.4) is 0 Å². The molecule has 0 nitrogen and oxygen atoms in total. The van der Waals surface area contributed by atoms with Crippen LogP contribution >= 0.6 is 0 Å². The Balaban J connectivity index is 0.000000921. The van der Waals surface area contributed by atoms with Crippen LogP contribution in [0.15, 0.2) is 30.3 Å². The Morgan fingerprint density at radius 2 is 1.53 bits per heavy atom. The largest absolute Gasteiger partial charge is 0.0683 e. The SMILES string of the molecule is CC.CCC(C)(C)CCc1ccccc1. The van der Waals surface area contributed by atoms with Crippen molar-refractivity contribution in [1.82, 2.24) is 0 Å². The maximum Gasteiger partial charge on any atom is -0.0274 e. The first-order chi connectivity index (χ1) is 7.14. The highest BCUT2D eigenvalue weighted by atomic mass is 14.2. The summed E-state index contributed by atoms with van der Waals surface area (Å²) in [4.78, 5) is 0. The van der Waals surface area contributed by atoms with Crippen molar-refractivity contribution in [2.24, 2.45) is 5.41 Å². The Hall–Kier alpha value is -0.780. The van der Waals surface area contributed by atoms with Crippen LogP contribution in [-0.4, -0.2) is 0 Å². The van der Waals surface area contributed by atoms with Gasteiger partial charge in [-0.3, -0.25) is 0 Å². The molecule has 0 heteroatoms. The minimum atomic E-state index is 0.496. The Bertz CT molecular complexity index is 233. The molecule has 0 N–H and O–H groups in total. The third kappa shape index (κ3) is 6.33. The van der Waals surface area contributed by atoms with Crippen LogP contribution in [0, 0.1) is 5.41 Å². The third-order valence-electron chi connectivity index (χ3n) is 2.89. The van der Waals surface area contributed by atoms with E-state index in [9.17, 15) is 0 Å². The van der Waals surface area contributed by atoms with Crippen LogP contribution in [0.4, 0.5) is 0 Å². The molecule has 0 aliphatic rings. The molecule has 0 spiro atoms. The van der Waals surface area contributed by atoms with Crippen LogP contribution in [0.25, 0.3) is 0 Å². The fourth-order valence-electron chi connectivity index (χ4n) is 1.30. The van der Waals surface area contributed by atoms with E-state index in [-0.39, 0.29) is 0 Å². The zero-order valence-corrected chi connectivity index (χ0v) is 11.0. The summed E-state index contributed by atoms with van der Waals surface area (Å²) in [6, 6.07) is 10.7. The van der Waals surface area contributed by atoms with E-state index >= 15 is 0 Å². The first-order valence-corrected chi connectivity index (χ1v) is 6.18. The molecule has 0 atom stereocenters. The summed E-state index contributed by atoms with van der Waals surface area (Å²) < 4.78 is 0. The normalized spacial score (nSPS) is 10.5. The molecule has 0 saturated carbocycles. The van der Waals surface area contributed by atoms with E-state index in [0.717, 1.165) is 0 Å². The van der Waals surface area contributed by atoms with Gasteiger partial charge >= 0.3 is 0 Å². The van der Waals surface area contributed by atoms with Gasteiger partial charge < -0.3 is 0 Å². The standard InChI is InChI=1S/C13H20.C2H6/c1-4-13(2,3)11-10-12-8-6-5-7-9-12;1-2/h5-9H,4,10-11H2,1-3H3;1-2H3. The molecule has 0 amide bonds. The summed E-state index contributed by atoms with van der Waals surface area (Å²) >= 11 is 0. The van der Waals surface area contributed by atoms with Gasteiger partial charge in [0.25, 0.3) is 0 Å². The second kappa shape index (κ2) is 7.50. The van der Waals surface area contributed by atoms with E-state index in [1.165, 1.54) is 24.8 Å². The number of benzene rings is 1. The molecule has 0 bridgehead atoms.